The molecule has 128 valence electrons. The van der Waals surface area contributed by atoms with E-state index < -0.39 is 35.0 Å². The maximum absolute atomic E-state index is 12.8. The second-order valence-corrected chi connectivity index (χ2v) is 4.73. The molecule has 1 aromatic heterocycles. The van der Waals surface area contributed by atoms with Crippen molar-refractivity contribution in [2.75, 3.05) is 0 Å². The predicted molar refractivity (Wildman–Crippen MR) is 72.4 cm³/mol. The number of amides is 1. The maximum atomic E-state index is 12.8. The Morgan fingerprint density at radius 2 is 1.50 bits per heavy atom. The molecule has 1 aromatic carbocycles. The highest BCUT2D eigenvalue weighted by molar-refractivity contribution is 5.89. The molecule has 1 heterocycles. The van der Waals surface area contributed by atoms with Crippen LogP contribution < -0.4 is 5.73 Å². The first-order valence-electron chi connectivity index (χ1n) is 6.34. The number of rotatable bonds is 3. The Kier molecular flexibility index (Phi) is 4.46. The van der Waals surface area contributed by atoms with Crippen LogP contribution in [0.5, 0.6) is 0 Å². The first kappa shape index (κ1) is 17.6. The van der Waals surface area contributed by atoms with Gasteiger partial charge in [-0.1, -0.05) is 0 Å². The van der Waals surface area contributed by atoms with Crippen molar-refractivity contribution in [3.8, 4) is 11.3 Å². The fourth-order valence-corrected chi connectivity index (χ4v) is 1.86. The van der Waals surface area contributed by atoms with Gasteiger partial charge < -0.3 is 10.2 Å². The number of carbonyl (C=O) groups is 1. The van der Waals surface area contributed by atoms with Gasteiger partial charge in [-0.05, 0) is 36.4 Å². The van der Waals surface area contributed by atoms with Gasteiger partial charge in [0.1, 0.15) is 11.5 Å². The average Bonchev–Trinajstić information content (AvgIpc) is 2.91. The second kappa shape index (κ2) is 6.06. The Morgan fingerprint density at radius 1 is 0.958 bits per heavy atom. The third kappa shape index (κ3) is 4.18. The van der Waals surface area contributed by atoms with Crippen LogP contribution in [0.3, 0.4) is 0 Å². The molecule has 0 aliphatic rings. The topological polar surface area (TPSA) is 56.2 Å². The van der Waals surface area contributed by atoms with Crippen molar-refractivity contribution in [3.05, 3.63) is 53.3 Å². The van der Waals surface area contributed by atoms with Gasteiger partial charge in [0.25, 0.3) is 0 Å². The van der Waals surface area contributed by atoms with Gasteiger partial charge in [-0.3, -0.25) is 4.79 Å². The van der Waals surface area contributed by atoms with E-state index in [-0.39, 0.29) is 17.6 Å². The molecule has 0 radical (unpaired) electrons. The summed E-state index contributed by atoms with van der Waals surface area (Å²) in [5.74, 6) is -0.947. The number of alkyl halides is 6. The van der Waals surface area contributed by atoms with E-state index >= 15 is 0 Å². The summed E-state index contributed by atoms with van der Waals surface area (Å²) in [5, 5.41) is 0. The molecule has 1 amide bonds. The lowest BCUT2D eigenvalue weighted by molar-refractivity contribution is -0.143. The van der Waals surface area contributed by atoms with Gasteiger partial charge in [0, 0.05) is 11.6 Å². The summed E-state index contributed by atoms with van der Waals surface area (Å²) in [6, 6.07) is 3.60. The van der Waals surface area contributed by atoms with E-state index in [1.165, 1.54) is 12.1 Å². The van der Waals surface area contributed by atoms with Crippen LogP contribution >= 0.6 is 0 Å². The van der Waals surface area contributed by atoms with Crippen LogP contribution in [-0.2, 0) is 17.1 Å². The molecular formula is C15H9F6NO2. The van der Waals surface area contributed by atoms with Crippen molar-refractivity contribution in [2.24, 2.45) is 5.73 Å². The largest absolute Gasteiger partial charge is 0.457 e. The standard InChI is InChI=1S/C15H9F6NO2/c16-14(17,18)9-5-8(6-10(7-9)15(19,20)21)12-3-1-11(24-12)2-4-13(22)23/h1-7H,(H2,22,23)/b4-2-. The molecule has 0 unspecified atom stereocenters. The van der Waals surface area contributed by atoms with Gasteiger partial charge in [0.2, 0.25) is 5.91 Å². The van der Waals surface area contributed by atoms with Crippen molar-refractivity contribution in [1.29, 1.82) is 0 Å². The maximum Gasteiger partial charge on any atom is 0.416 e. The number of benzene rings is 1. The quantitative estimate of drug-likeness (QED) is 0.656. The molecule has 9 heteroatoms. The minimum atomic E-state index is -4.95. The van der Waals surface area contributed by atoms with Crippen molar-refractivity contribution >= 4 is 12.0 Å². The highest BCUT2D eigenvalue weighted by Crippen LogP contribution is 2.38. The average molecular weight is 349 g/mol. The summed E-state index contributed by atoms with van der Waals surface area (Å²) in [4.78, 5) is 10.6. The minimum Gasteiger partial charge on any atom is -0.457 e. The lowest BCUT2D eigenvalue weighted by atomic mass is 10.0. The van der Waals surface area contributed by atoms with E-state index in [0.717, 1.165) is 12.2 Å². The first-order chi connectivity index (χ1) is 11.0. The molecule has 0 aliphatic heterocycles. The molecule has 0 spiro atoms. The van der Waals surface area contributed by atoms with Gasteiger partial charge >= 0.3 is 12.4 Å². The van der Waals surface area contributed by atoms with Crippen LogP contribution in [0.2, 0.25) is 0 Å². The normalized spacial score (nSPS) is 12.8. The van der Waals surface area contributed by atoms with Crippen LogP contribution in [0.4, 0.5) is 26.3 Å². The zero-order valence-corrected chi connectivity index (χ0v) is 11.7. The number of primary amides is 1. The van der Waals surface area contributed by atoms with Gasteiger partial charge in [-0.2, -0.15) is 26.3 Å². The van der Waals surface area contributed by atoms with Gasteiger partial charge in [-0.15, -0.1) is 0 Å². The smallest absolute Gasteiger partial charge is 0.416 e. The van der Waals surface area contributed by atoms with Crippen LogP contribution in [0, 0.1) is 0 Å². The Morgan fingerprint density at radius 3 is 1.96 bits per heavy atom. The van der Waals surface area contributed by atoms with Crippen molar-refractivity contribution in [3.63, 3.8) is 0 Å². The Labute approximate surface area is 131 Å². The van der Waals surface area contributed by atoms with Crippen molar-refractivity contribution in [2.45, 2.75) is 12.4 Å². The molecule has 0 aliphatic carbocycles. The summed E-state index contributed by atoms with van der Waals surface area (Å²) >= 11 is 0. The molecule has 0 bridgehead atoms. The fraction of sp³-hybridized carbons (Fsp3) is 0.133. The van der Waals surface area contributed by atoms with E-state index in [4.69, 9.17) is 10.2 Å². The number of halogens is 6. The predicted octanol–water partition coefficient (Wildman–Crippen LogP) is 4.48. The highest BCUT2D eigenvalue weighted by atomic mass is 19.4. The van der Waals surface area contributed by atoms with Crippen molar-refractivity contribution in [1.82, 2.24) is 0 Å². The number of furan rings is 1. The fourth-order valence-electron chi connectivity index (χ4n) is 1.86. The zero-order valence-electron chi connectivity index (χ0n) is 11.7. The first-order valence-corrected chi connectivity index (χ1v) is 6.34. The van der Waals surface area contributed by atoms with Crippen LogP contribution in [0.25, 0.3) is 17.4 Å². The Hall–Kier alpha value is -2.71. The minimum absolute atomic E-state index is 0.0281. The van der Waals surface area contributed by atoms with Crippen LogP contribution in [0.1, 0.15) is 16.9 Å². The van der Waals surface area contributed by atoms with Gasteiger partial charge in [0.05, 0.1) is 11.1 Å². The zero-order chi connectivity index (χ0) is 18.1. The summed E-state index contributed by atoms with van der Waals surface area (Å²) in [6.07, 6.45) is -7.81. The number of nitrogens with two attached hydrogens (primary N) is 1. The lowest BCUT2D eigenvalue weighted by Gasteiger charge is -2.13. The molecule has 0 saturated heterocycles. The van der Waals surface area contributed by atoms with Gasteiger partial charge in [-0.25, -0.2) is 0 Å². The van der Waals surface area contributed by atoms with E-state index in [0.29, 0.717) is 12.1 Å². The molecule has 2 rings (SSSR count). The number of hydrogen-bond acceptors (Lipinski definition) is 2. The molecular weight excluding hydrogens is 340 g/mol. The summed E-state index contributed by atoms with van der Waals surface area (Å²) in [7, 11) is 0. The third-order valence-electron chi connectivity index (χ3n) is 2.91. The Balaban J connectivity index is 2.52. The summed E-state index contributed by atoms with van der Waals surface area (Å²) in [5.41, 5.74) is 1.59. The molecule has 0 atom stereocenters. The van der Waals surface area contributed by atoms with E-state index in [2.05, 4.69) is 0 Å². The number of hydrogen-bond donors (Lipinski definition) is 1. The molecule has 0 fully saturated rings. The van der Waals surface area contributed by atoms with E-state index in [9.17, 15) is 31.1 Å². The third-order valence-corrected chi connectivity index (χ3v) is 2.91. The van der Waals surface area contributed by atoms with Crippen molar-refractivity contribution < 1.29 is 35.6 Å². The molecule has 2 aromatic rings. The summed E-state index contributed by atoms with van der Waals surface area (Å²) < 4.78 is 82.0. The molecule has 0 saturated carbocycles. The molecule has 2 N–H and O–H groups in total. The molecule has 3 nitrogen and oxygen atoms in total. The number of carbonyl (C=O) groups excluding carboxylic acids is 1. The SMILES string of the molecule is NC(=O)/C=C\c1ccc(-c2cc(C(F)(F)F)cc(C(F)(F)F)c2)o1. The van der Waals surface area contributed by atoms with E-state index in [1.807, 2.05) is 0 Å². The summed E-state index contributed by atoms with van der Waals surface area (Å²) in [6.45, 7) is 0. The molecule has 24 heavy (non-hydrogen) atoms. The second-order valence-electron chi connectivity index (χ2n) is 4.73. The van der Waals surface area contributed by atoms with Crippen LogP contribution in [-0.4, -0.2) is 5.91 Å². The Bertz CT molecular complexity index is 754. The van der Waals surface area contributed by atoms with Gasteiger partial charge in [0.15, 0.2) is 0 Å². The highest BCUT2D eigenvalue weighted by Gasteiger charge is 2.37. The van der Waals surface area contributed by atoms with E-state index in [1.54, 1.807) is 0 Å². The monoisotopic (exact) mass is 349 g/mol. The lowest BCUT2D eigenvalue weighted by Crippen LogP contribution is -2.11. The van der Waals surface area contributed by atoms with Crippen LogP contribution in [0.15, 0.2) is 40.8 Å².